The zero-order valence-electron chi connectivity index (χ0n) is 15.4. The van der Waals surface area contributed by atoms with Crippen molar-refractivity contribution in [3.05, 3.63) is 65.7 Å². The van der Waals surface area contributed by atoms with E-state index in [1.807, 2.05) is 63.2 Å². The van der Waals surface area contributed by atoms with Gasteiger partial charge in [0, 0.05) is 0 Å². The Morgan fingerprint density at radius 3 is 2.38 bits per heavy atom. The number of carbonyl (C=O) groups excluding carboxylic acids is 1. The van der Waals surface area contributed by atoms with Gasteiger partial charge in [-0.3, -0.25) is 0 Å². The number of para-hydroxylation sites is 2. The SMILES string of the molecule is CC.Cc1cc(C(=O)Nc2ccccc2O[CH2][Hg])c(O)c2ccccc12. The summed E-state index contributed by atoms with van der Waals surface area (Å²) in [6.07, 6.45) is 0. The van der Waals surface area contributed by atoms with Gasteiger partial charge in [-0.05, 0) is 0 Å². The van der Waals surface area contributed by atoms with Crippen molar-refractivity contribution in [1.82, 2.24) is 0 Å². The maximum absolute atomic E-state index is 12.7. The Kier molecular flexibility index (Phi) is 7.45. The van der Waals surface area contributed by atoms with Gasteiger partial charge in [-0.25, -0.2) is 0 Å². The molecule has 3 aromatic rings. The number of hydrogen-bond acceptors (Lipinski definition) is 3. The molecule has 3 rings (SSSR count). The summed E-state index contributed by atoms with van der Waals surface area (Å²) in [5.41, 5.74) is 1.81. The third-order valence-electron chi connectivity index (χ3n) is 3.86. The predicted molar refractivity (Wildman–Crippen MR) is 102 cm³/mol. The molecular formula is C21H22HgNO3. The quantitative estimate of drug-likeness (QED) is 0.461. The van der Waals surface area contributed by atoms with Crippen LogP contribution in [0, 0.1) is 6.92 Å². The molecule has 0 aliphatic heterocycles. The summed E-state index contributed by atoms with van der Waals surface area (Å²) in [6.45, 7) is 5.93. The minimum absolute atomic E-state index is 0.00189. The van der Waals surface area contributed by atoms with Gasteiger partial charge in [-0.15, -0.1) is 0 Å². The molecule has 0 heterocycles. The van der Waals surface area contributed by atoms with Crippen molar-refractivity contribution in [2.24, 2.45) is 0 Å². The van der Waals surface area contributed by atoms with Crippen LogP contribution in [0.5, 0.6) is 11.5 Å². The minimum atomic E-state index is -0.351. The van der Waals surface area contributed by atoms with Crippen molar-refractivity contribution < 1.29 is 40.8 Å². The number of benzene rings is 3. The van der Waals surface area contributed by atoms with E-state index < -0.39 is 0 Å². The van der Waals surface area contributed by atoms with Gasteiger partial charge in [0.05, 0.1) is 0 Å². The number of aryl methyl sites for hydroxylation is 1. The van der Waals surface area contributed by atoms with E-state index in [4.69, 9.17) is 4.74 Å². The summed E-state index contributed by atoms with van der Waals surface area (Å²) < 4.78 is 6.31. The fraction of sp³-hybridized carbons (Fsp3) is 0.190. The van der Waals surface area contributed by atoms with Gasteiger partial charge in [0.15, 0.2) is 0 Å². The summed E-state index contributed by atoms with van der Waals surface area (Å²) in [5.74, 6) is 0.298. The molecule has 0 aliphatic rings. The fourth-order valence-electron chi connectivity index (χ4n) is 2.71. The van der Waals surface area contributed by atoms with E-state index >= 15 is 0 Å². The monoisotopic (exact) mass is 538 g/mol. The van der Waals surface area contributed by atoms with Crippen LogP contribution in [0.15, 0.2) is 54.6 Å². The van der Waals surface area contributed by atoms with E-state index in [1.165, 1.54) is 0 Å². The summed E-state index contributed by atoms with van der Waals surface area (Å²) in [4.78, 5) is 12.7. The van der Waals surface area contributed by atoms with E-state index in [1.54, 1.807) is 12.1 Å². The topological polar surface area (TPSA) is 58.6 Å². The molecule has 0 spiro atoms. The number of ether oxygens (including phenoxy) is 1. The fourth-order valence-corrected chi connectivity index (χ4v) is 3.56. The van der Waals surface area contributed by atoms with E-state index in [9.17, 15) is 9.90 Å². The van der Waals surface area contributed by atoms with Crippen LogP contribution in [0.25, 0.3) is 10.8 Å². The molecule has 0 saturated carbocycles. The van der Waals surface area contributed by atoms with Gasteiger partial charge in [0.25, 0.3) is 0 Å². The van der Waals surface area contributed by atoms with Crippen LogP contribution in [-0.2, 0) is 26.1 Å². The van der Waals surface area contributed by atoms with Crippen LogP contribution in [0.2, 0.25) is 0 Å². The van der Waals surface area contributed by atoms with E-state index in [0.29, 0.717) is 47.1 Å². The molecule has 4 nitrogen and oxygen atoms in total. The summed E-state index contributed by atoms with van der Waals surface area (Å²) in [7, 11) is 0. The summed E-state index contributed by atoms with van der Waals surface area (Å²) in [5, 5.41) is 15.0. The van der Waals surface area contributed by atoms with Crippen molar-refractivity contribution >= 4 is 22.4 Å². The molecule has 0 saturated heterocycles. The second-order valence-electron chi connectivity index (χ2n) is 5.43. The van der Waals surface area contributed by atoms with Crippen LogP contribution >= 0.6 is 0 Å². The number of phenolic OH excluding ortho intramolecular Hbond substituents is 1. The van der Waals surface area contributed by atoms with Gasteiger partial charge in [0.1, 0.15) is 0 Å². The van der Waals surface area contributed by atoms with Gasteiger partial charge in [-0.1, -0.05) is 13.8 Å². The average Bonchev–Trinajstić information content (AvgIpc) is 2.68. The third kappa shape index (κ3) is 4.36. The molecule has 0 bridgehead atoms. The summed E-state index contributed by atoms with van der Waals surface area (Å²) in [6, 6.07) is 16.5. The molecule has 0 fully saturated rings. The Morgan fingerprint density at radius 1 is 1.08 bits per heavy atom. The number of nitrogens with one attached hydrogen (secondary N) is 1. The Labute approximate surface area is 170 Å². The first-order chi connectivity index (χ1) is 12.6. The van der Waals surface area contributed by atoms with Gasteiger partial charge >= 0.3 is 157 Å². The van der Waals surface area contributed by atoms with Crippen molar-refractivity contribution in [3.8, 4) is 11.5 Å². The number of carbonyl (C=O) groups is 1. The van der Waals surface area contributed by atoms with Crippen molar-refractivity contribution in [1.29, 1.82) is 0 Å². The number of amides is 1. The van der Waals surface area contributed by atoms with E-state index in [0.717, 1.165) is 10.9 Å². The van der Waals surface area contributed by atoms with Crippen molar-refractivity contribution in [2.75, 3.05) is 9.43 Å². The number of aromatic hydroxyl groups is 1. The number of anilines is 1. The number of fused-ring (bicyclic) bond motifs is 1. The molecular weight excluding hydrogens is 515 g/mol. The summed E-state index contributed by atoms with van der Waals surface area (Å²) >= 11 is 0.518. The van der Waals surface area contributed by atoms with Gasteiger partial charge in [0.2, 0.25) is 0 Å². The molecule has 131 valence electrons. The molecule has 26 heavy (non-hydrogen) atoms. The third-order valence-corrected chi connectivity index (χ3v) is 4.65. The first kappa shape index (κ1) is 20.2. The Bertz CT molecular complexity index is 909. The molecule has 0 unspecified atom stereocenters. The standard InChI is InChI=1S/C19H16NO3.C2H6.Hg/c1-12-11-15(18(21)14-8-4-3-7-13(12)14)19(22)20-16-9-5-6-10-17(16)23-2;1-2;/h3-11,21H,2H2,1H3,(H,20,22);1-2H3;. The molecule has 1 amide bonds. The number of rotatable bonds is 4. The Balaban J connectivity index is 0.00000117. The molecule has 2 N–H and O–H groups in total. The van der Waals surface area contributed by atoms with Crippen molar-refractivity contribution in [3.63, 3.8) is 0 Å². The van der Waals surface area contributed by atoms with Crippen LogP contribution < -0.4 is 10.1 Å². The van der Waals surface area contributed by atoms with Crippen LogP contribution in [0.1, 0.15) is 29.8 Å². The average molecular weight is 537 g/mol. The predicted octanol–water partition coefficient (Wildman–Crippen LogP) is 5.02. The second-order valence-corrected chi connectivity index (χ2v) is 7.02. The molecule has 0 aliphatic carbocycles. The normalized spacial score (nSPS) is 10.0. The molecule has 5 heteroatoms. The van der Waals surface area contributed by atoms with Gasteiger partial charge < -0.3 is 0 Å². The van der Waals surface area contributed by atoms with Crippen LogP contribution in [0.3, 0.4) is 0 Å². The van der Waals surface area contributed by atoms with Crippen molar-refractivity contribution in [2.45, 2.75) is 20.8 Å². The molecule has 0 radical (unpaired) electrons. The number of hydrogen-bond donors (Lipinski definition) is 2. The first-order valence-corrected chi connectivity index (χ1v) is 12.5. The van der Waals surface area contributed by atoms with Gasteiger partial charge in [-0.2, -0.15) is 0 Å². The number of phenols is 1. The molecule has 3 aromatic carbocycles. The van der Waals surface area contributed by atoms with E-state index in [-0.39, 0.29) is 17.2 Å². The zero-order chi connectivity index (χ0) is 19.1. The Hall–Kier alpha value is -2.07. The molecule has 0 atom stereocenters. The van der Waals surface area contributed by atoms with Crippen LogP contribution in [0.4, 0.5) is 5.69 Å². The molecule has 0 aromatic heterocycles. The first-order valence-electron chi connectivity index (χ1n) is 8.65. The maximum atomic E-state index is 12.7. The van der Waals surface area contributed by atoms with Crippen LogP contribution in [-0.4, -0.2) is 15.1 Å². The second kappa shape index (κ2) is 9.58. The zero-order valence-corrected chi connectivity index (χ0v) is 20.9. The Morgan fingerprint density at radius 2 is 1.69 bits per heavy atom. The van der Waals surface area contributed by atoms with E-state index in [2.05, 4.69) is 5.32 Å².